The average molecular weight is 178 g/mol. The first kappa shape index (κ1) is 8.74. The van der Waals surface area contributed by atoms with Crippen molar-refractivity contribution in [3.05, 3.63) is 35.1 Å². The van der Waals surface area contributed by atoms with Crippen LogP contribution in [-0.2, 0) is 6.42 Å². The van der Waals surface area contributed by atoms with Crippen molar-refractivity contribution in [1.29, 1.82) is 0 Å². The van der Waals surface area contributed by atoms with Crippen LogP contribution in [0.2, 0.25) is 0 Å². The van der Waals surface area contributed by atoms with Crippen molar-refractivity contribution in [2.75, 3.05) is 0 Å². The Balaban J connectivity index is 2.25. The molecule has 13 heavy (non-hydrogen) atoms. The Morgan fingerprint density at radius 3 is 2.77 bits per heavy atom. The van der Waals surface area contributed by atoms with Crippen molar-refractivity contribution in [3.63, 3.8) is 0 Å². The van der Waals surface area contributed by atoms with Gasteiger partial charge >= 0.3 is 0 Å². The summed E-state index contributed by atoms with van der Waals surface area (Å²) in [5.41, 5.74) is 2.23. The highest BCUT2D eigenvalue weighted by Gasteiger charge is 2.23. The van der Waals surface area contributed by atoms with Gasteiger partial charge in [-0.05, 0) is 42.4 Å². The maximum atomic E-state index is 13.2. The Bertz CT molecular complexity index is 300. The third-order valence-corrected chi connectivity index (χ3v) is 2.64. The summed E-state index contributed by atoms with van der Waals surface area (Å²) in [7, 11) is 0. The number of rotatable bonds is 3. The van der Waals surface area contributed by atoms with Gasteiger partial charge < -0.3 is 0 Å². The SMILES string of the molecule is CCCc1cc(C2CC2)ccc1F. The molecule has 0 heterocycles. The van der Waals surface area contributed by atoms with E-state index in [4.69, 9.17) is 0 Å². The van der Waals surface area contributed by atoms with Crippen molar-refractivity contribution < 1.29 is 4.39 Å². The molecule has 1 fully saturated rings. The second kappa shape index (κ2) is 3.49. The Hall–Kier alpha value is -0.850. The van der Waals surface area contributed by atoms with Crippen LogP contribution in [0, 0.1) is 5.82 Å². The standard InChI is InChI=1S/C12H15F/c1-2-3-11-8-10(9-4-5-9)6-7-12(11)13/h6-9H,2-5H2,1H3. The predicted octanol–water partition coefficient (Wildman–Crippen LogP) is 3.66. The molecule has 0 bridgehead atoms. The lowest BCUT2D eigenvalue weighted by Crippen LogP contribution is -1.91. The first-order chi connectivity index (χ1) is 6.31. The lowest BCUT2D eigenvalue weighted by atomic mass is 10.0. The third kappa shape index (κ3) is 1.90. The zero-order chi connectivity index (χ0) is 9.26. The quantitative estimate of drug-likeness (QED) is 0.662. The molecule has 1 aliphatic rings. The molecule has 2 rings (SSSR count). The molecule has 0 saturated heterocycles. The molecular formula is C12H15F. The van der Waals surface area contributed by atoms with Crippen LogP contribution in [0.15, 0.2) is 18.2 Å². The maximum Gasteiger partial charge on any atom is 0.126 e. The summed E-state index contributed by atoms with van der Waals surface area (Å²) in [6.45, 7) is 2.09. The van der Waals surface area contributed by atoms with E-state index in [1.807, 2.05) is 6.07 Å². The molecule has 0 nitrogen and oxygen atoms in total. The molecule has 0 radical (unpaired) electrons. The van der Waals surface area contributed by atoms with Gasteiger partial charge in [0.2, 0.25) is 0 Å². The van der Waals surface area contributed by atoms with Crippen LogP contribution in [0.5, 0.6) is 0 Å². The molecule has 1 saturated carbocycles. The second-order valence-electron chi connectivity index (χ2n) is 3.88. The number of aryl methyl sites for hydroxylation is 1. The fourth-order valence-corrected chi connectivity index (χ4v) is 1.73. The van der Waals surface area contributed by atoms with E-state index in [0.29, 0.717) is 0 Å². The van der Waals surface area contributed by atoms with E-state index in [1.165, 1.54) is 18.4 Å². The molecule has 70 valence electrons. The highest BCUT2D eigenvalue weighted by molar-refractivity contribution is 5.30. The molecule has 0 aromatic heterocycles. The predicted molar refractivity (Wildman–Crippen MR) is 52.4 cm³/mol. The maximum absolute atomic E-state index is 13.2. The molecule has 1 heteroatoms. The Morgan fingerprint density at radius 1 is 1.38 bits per heavy atom. The number of benzene rings is 1. The molecule has 1 aliphatic carbocycles. The van der Waals surface area contributed by atoms with Gasteiger partial charge in [-0.25, -0.2) is 4.39 Å². The fourth-order valence-electron chi connectivity index (χ4n) is 1.73. The van der Waals surface area contributed by atoms with Crippen molar-refractivity contribution >= 4 is 0 Å². The van der Waals surface area contributed by atoms with Gasteiger partial charge in [0.25, 0.3) is 0 Å². The largest absolute Gasteiger partial charge is 0.207 e. The van der Waals surface area contributed by atoms with Crippen molar-refractivity contribution in [3.8, 4) is 0 Å². The van der Waals surface area contributed by atoms with Crippen LogP contribution >= 0.6 is 0 Å². The van der Waals surface area contributed by atoms with Crippen molar-refractivity contribution in [1.82, 2.24) is 0 Å². The molecule has 0 N–H and O–H groups in total. The molecule has 0 spiro atoms. The van der Waals surface area contributed by atoms with E-state index in [0.717, 1.165) is 24.3 Å². The summed E-state index contributed by atoms with van der Waals surface area (Å²) >= 11 is 0. The summed E-state index contributed by atoms with van der Waals surface area (Å²) < 4.78 is 13.2. The van der Waals surface area contributed by atoms with E-state index >= 15 is 0 Å². The second-order valence-corrected chi connectivity index (χ2v) is 3.88. The summed E-state index contributed by atoms with van der Waals surface area (Å²) in [6, 6.07) is 5.61. The molecule has 0 amide bonds. The topological polar surface area (TPSA) is 0 Å². The minimum Gasteiger partial charge on any atom is -0.207 e. The van der Waals surface area contributed by atoms with Gasteiger partial charge in [0.1, 0.15) is 5.82 Å². The lowest BCUT2D eigenvalue weighted by molar-refractivity contribution is 0.606. The van der Waals surface area contributed by atoms with Gasteiger partial charge in [-0.15, -0.1) is 0 Å². The van der Waals surface area contributed by atoms with E-state index < -0.39 is 0 Å². The van der Waals surface area contributed by atoms with Gasteiger partial charge in [-0.1, -0.05) is 25.5 Å². The smallest absolute Gasteiger partial charge is 0.126 e. The first-order valence-corrected chi connectivity index (χ1v) is 5.09. The zero-order valence-corrected chi connectivity index (χ0v) is 8.02. The number of halogens is 1. The van der Waals surface area contributed by atoms with Gasteiger partial charge in [-0.3, -0.25) is 0 Å². The zero-order valence-electron chi connectivity index (χ0n) is 8.02. The molecular weight excluding hydrogens is 163 g/mol. The molecule has 1 aromatic carbocycles. The van der Waals surface area contributed by atoms with Gasteiger partial charge in [0, 0.05) is 0 Å². The first-order valence-electron chi connectivity index (χ1n) is 5.09. The average Bonchev–Trinajstić information content (AvgIpc) is 2.92. The highest BCUT2D eigenvalue weighted by Crippen LogP contribution is 2.40. The Morgan fingerprint density at radius 2 is 2.15 bits per heavy atom. The van der Waals surface area contributed by atoms with Crippen LogP contribution < -0.4 is 0 Å². The summed E-state index contributed by atoms with van der Waals surface area (Å²) in [6.07, 6.45) is 4.46. The van der Waals surface area contributed by atoms with E-state index in [2.05, 4.69) is 13.0 Å². The Labute approximate surface area is 78.8 Å². The summed E-state index contributed by atoms with van der Waals surface area (Å²) in [4.78, 5) is 0. The fraction of sp³-hybridized carbons (Fsp3) is 0.500. The summed E-state index contributed by atoms with van der Waals surface area (Å²) in [5.74, 6) is 0.697. The third-order valence-electron chi connectivity index (χ3n) is 2.64. The minimum absolute atomic E-state index is 0.0359. The van der Waals surface area contributed by atoms with E-state index in [9.17, 15) is 4.39 Å². The molecule has 1 aromatic rings. The van der Waals surface area contributed by atoms with E-state index in [1.54, 1.807) is 6.07 Å². The van der Waals surface area contributed by atoms with E-state index in [-0.39, 0.29) is 5.82 Å². The van der Waals surface area contributed by atoms with Crippen LogP contribution in [0.4, 0.5) is 4.39 Å². The van der Waals surface area contributed by atoms with Crippen LogP contribution in [0.3, 0.4) is 0 Å². The van der Waals surface area contributed by atoms with Crippen LogP contribution in [0.1, 0.15) is 43.2 Å². The van der Waals surface area contributed by atoms with Gasteiger partial charge in [0.15, 0.2) is 0 Å². The van der Waals surface area contributed by atoms with Crippen molar-refractivity contribution in [2.45, 2.75) is 38.5 Å². The monoisotopic (exact) mass is 178 g/mol. The minimum atomic E-state index is -0.0359. The Kier molecular flexibility index (Phi) is 2.34. The summed E-state index contributed by atoms with van der Waals surface area (Å²) in [5, 5.41) is 0. The van der Waals surface area contributed by atoms with Gasteiger partial charge in [-0.2, -0.15) is 0 Å². The van der Waals surface area contributed by atoms with Crippen LogP contribution in [0.25, 0.3) is 0 Å². The van der Waals surface area contributed by atoms with Gasteiger partial charge in [0.05, 0.1) is 0 Å². The normalized spacial score (nSPS) is 16.2. The number of hydrogen-bond donors (Lipinski definition) is 0. The van der Waals surface area contributed by atoms with Crippen molar-refractivity contribution in [2.24, 2.45) is 0 Å². The highest BCUT2D eigenvalue weighted by atomic mass is 19.1. The molecule has 0 atom stereocenters. The van der Waals surface area contributed by atoms with Crippen LogP contribution in [-0.4, -0.2) is 0 Å². The molecule has 0 aliphatic heterocycles. The lowest BCUT2D eigenvalue weighted by Gasteiger charge is -2.04. The number of hydrogen-bond acceptors (Lipinski definition) is 0. The molecule has 0 unspecified atom stereocenters.